The SMILES string of the molecule is Cc1c(C#N)c(O)n(Cc2cccnc2)c(=O)c1N=Nc1c(Br)cc([N+](=O)[O-])cc1Br. The Balaban J connectivity index is 2.14. The quantitative estimate of drug-likeness (QED) is 0.269. The molecular weight excluding hydrogens is 536 g/mol. The topological polar surface area (TPSA) is 147 Å². The second-order valence-corrected chi connectivity index (χ2v) is 7.96. The van der Waals surface area contributed by atoms with Gasteiger partial charge in [0.25, 0.3) is 11.2 Å². The van der Waals surface area contributed by atoms with Crippen LogP contribution in [-0.2, 0) is 6.54 Å². The largest absolute Gasteiger partial charge is 0.493 e. The third-order valence-electron chi connectivity index (χ3n) is 4.29. The number of nitriles is 1. The molecule has 0 unspecified atom stereocenters. The third-order valence-corrected chi connectivity index (χ3v) is 5.50. The monoisotopic (exact) mass is 546 g/mol. The highest BCUT2D eigenvalue weighted by atomic mass is 79.9. The molecule has 0 aliphatic carbocycles. The number of pyridine rings is 2. The van der Waals surface area contributed by atoms with Crippen molar-refractivity contribution in [3.8, 4) is 11.9 Å². The van der Waals surface area contributed by atoms with Crippen molar-refractivity contribution in [1.29, 1.82) is 5.26 Å². The lowest BCUT2D eigenvalue weighted by molar-refractivity contribution is -0.385. The molecule has 3 rings (SSSR count). The van der Waals surface area contributed by atoms with Crippen LogP contribution < -0.4 is 5.56 Å². The Morgan fingerprint density at radius 3 is 2.48 bits per heavy atom. The van der Waals surface area contributed by atoms with Gasteiger partial charge in [0, 0.05) is 30.1 Å². The first-order valence-electron chi connectivity index (χ1n) is 8.55. The lowest BCUT2D eigenvalue weighted by Gasteiger charge is -2.13. The Hall–Kier alpha value is -3.43. The van der Waals surface area contributed by atoms with E-state index < -0.39 is 16.4 Å². The molecule has 0 aliphatic heterocycles. The van der Waals surface area contributed by atoms with Crippen molar-refractivity contribution in [2.45, 2.75) is 13.5 Å². The number of aromatic nitrogens is 2. The smallest absolute Gasteiger partial charge is 0.281 e. The third kappa shape index (κ3) is 4.52. The molecule has 0 fully saturated rings. The minimum atomic E-state index is -0.657. The van der Waals surface area contributed by atoms with Crippen LogP contribution in [0, 0.1) is 28.4 Å². The van der Waals surface area contributed by atoms with E-state index in [1.54, 1.807) is 18.3 Å². The lowest BCUT2D eigenvalue weighted by atomic mass is 10.1. The summed E-state index contributed by atoms with van der Waals surface area (Å²) >= 11 is 6.41. The number of benzene rings is 1. The fourth-order valence-electron chi connectivity index (χ4n) is 2.73. The zero-order valence-corrected chi connectivity index (χ0v) is 19.0. The van der Waals surface area contributed by atoms with Crippen molar-refractivity contribution >= 4 is 48.9 Å². The Kier molecular flexibility index (Phi) is 6.57. The maximum absolute atomic E-state index is 13.0. The molecule has 2 heterocycles. The predicted octanol–water partition coefficient (Wildman–Crippen LogP) is 5.03. The van der Waals surface area contributed by atoms with Crippen molar-refractivity contribution in [2.24, 2.45) is 10.2 Å². The van der Waals surface area contributed by atoms with Crippen LogP contribution in [0.25, 0.3) is 0 Å². The molecule has 0 spiro atoms. The minimum Gasteiger partial charge on any atom is -0.493 e. The number of nitrogens with zero attached hydrogens (tertiary/aromatic N) is 6. The van der Waals surface area contributed by atoms with Crippen LogP contribution in [0.1, 0.15) is 16.7 Å². The zero-order chi connectivity index (χ0) is 22.7. The van der Waals surface area contributed by atoms with E-state index in [4.69, 9.17) is 0 Å². The number of nitro benzene ring substituents is 1. The molecule has 12 heteroatoms. The maximum Gasteiger partial charge on any atom is 0.281 e. The predicted molar refractivity (Wildman–Crippen MR) is 118 cm³/mol. The summed E-state index contributed by atoms with van der Waals surface area (Å²) in [6, 6.07) is 7.79. The molecule has 3 aromatic rings. The number of azo groups is 1. The molecule has 156 valence electrons. The molecule has 0 amide bonds. The summed E-state index contributed by atoms with van der Waals surface area (Å²) in [4.78, 5) is 27.4. The van der Waals surface area contributed by atoms with Gasteiger partial charge in [-0.1, -0.05) is 6.07 Å². The molecule has 0 aliphatic rings. The molecule has 0 atom stereocenters. The summed E-state index contributed by atoms with van der Waals surface area (Å²) in [6.07, 6.45) is 3.10. The average molecular weight is 548 g/mol. The van der Waals surface area contributed by atoms with E-state index in [0.29, 0.717) is 5.56 Å². The Bertz CT molecular complexity index is 1290. The van der Waals surface area contributed by atoms with Gasteiger partial charge in [-0.25, -0.2) is 0 Å². The number of hydrogen-bond donors (Lipinski definition) is 1. The molecule has 0 bridgehead atoms. The van der Waals surface area contributed by atoms with Crippen LogP contribution in [0.2, 0.25) is 0 Å². The summed E-state index contributed by atoms with van der Waals surface area (Å²) in [5.74, 6) is -0.481. The first-order valence-corrected chi connectivity index (χ1v) is 10.1. The number of nitro groups is 1. The zero-order valence-electron chi connectivity index (χ0n) is 15.8. The summed E-state index contributed by atoms with van der Waals surface area (Å²) in [5, 5.41) is 39.0. The normalized spacial score (nSPS) is 10.9. The summed E-state index contributed by atoms with van der Waals surface area (Å²) in [6.45, 7) is 1.45. The number of aromatic hydroxyl groups is 1. The highest BCUT2D eigenvalue weighted by Crippen LogP contribution is 2.38. The Morgan fingerprint density at radius 2 is 1.94 bits per heavy atom. The second-order valence-electron chi connectivity index (χ2n) is 6.25. The van der Waals surface area contributed by atoms with E-state index in [2.05, 4.69) is 47.1 Å². The molecule has 2 aromatic heterocycles. The van der Waals surface area contributed by atoms with Crippen LogP contribution in [0.3, 0.4) is 0 Å². The van der Waals surface area contributed by atoms with E-state index in [1.165, 1.54) is 25.3 Å². The fraction of sp³-hybridized carbons (Fsp3) is 0.105. The van der Waals surface area contributed by atoms with Crippen LogP contribution in [0.4, 0.5) is 17.1 Å². The molecular formula is C19H12Br2N6O4. The van der Waals surface area contributed by atoms with E-state index >= 15 is 0 Å². The number of hydrogen-bond acceptors (Lipinski definition) is 8. The second kappa shape index (κ2) is 9.15. The van der Waals surface area contributed by atoms with Gasteiger partial charge in [0.15, 0.2) is 5.69 Å². The van der Waals surface area contributed by atoms with Gasteiger partial charge >= 0.3 is 0 Å². The molecule has 10 nitrogen and oxygen atoms in total. The average Bonchev–Trinajstić information content (AvgIpc) is 2.73. The summed E-state index contributed by atoms with van der Waals surface area (Å²) in [5.41, 5.74) is -0.0638. The number of rotatable bonds is 5. The van der Waals surface area contributed by atoms with Crippen LogP contribution in [0.15, 0.2) is 60.6 Å². The first kappa shape index (κ1) is 22.3. The van der Waals surface area contributed by atoms with Crippen molar-refractivity contribution in [3.05, 3.63) is 82.8 Å². The number of halogens is 2. The van der Waals surface area contributed by atoms with Gasteiger partial charge in [0.1, 0.15) is 17.3 Å². The minimum absolute atomic E-state index is 0.0269. The van der Waals surface area contributed by atoms with Gasteiger partial charge in [-0.3, -0.25) is 24.5 Å². The van der Waals surface area contributed by atoms with Crippen LogP contribution in [-0.4, -0.2) is 19.6 Å². The van der Waals surface area contributed by atoms with Gasteiger partial charge in [-0.05, 0) is 50.4 Å². The van der Waals surface area contributed by atoms with Gasteiger partial charge in [0.2, 0.25) is 5.88 Å². The highest BCUT2D eigenvalue weighted by Gasteiger charge is 2.20. The van der Waals surface area contributed by atoms with Gasteiger partial charge in [-0.15, -0.1) is 10.2 Å². The summed E-state index contributed by atoms with van der Waals surface area (Å²) < 4.78 is 1.58. The first-order chi connectivity index (χ1) is 14.7. The van der Waals surface area contributed by atoms with Crippen molar-refractivity contribution < 1.29 is 10.0 Å². The molecule has 31 heavy (non-hydrogen) atoms. The highest BCUT2D eigenvalue weighted by molar-refractivity contribution is 9.11. The maximum atomic E-state index is 13.0. The Morgan fingerprint density at radius 1 is 1.29 bits per heavy atom. The van der Waals surface area contributed by atoms with E-state index in [9.17, 15) is 25.3 Å². The van der Waals surface area contributed by atoms with Crippen LogP contribution in [0.5, 0.6) is 5.88 Å². The molecule has 0 radical (unpaired) electrons. The summed E-state index contributed by atoms with van der Waals surface area (Å²) in [7, 11) is 0. The Labute approximate surface area is 191 Å². The van der Waals surface area contributed by atoms with Gasteiger partial charge in [0.05, 0.1) is 20.4 Å². The van der Waals surface area contributed by atoms with E-state index in [0.717, 1.165) is 4.57 Å². The molecule has 0 saturated carbocycles. The molecule has 1 aromatic carbocycles. The fourth-order valence-corrected chi connectivity index (χ4v) is 4.05. The van der Waals surface area contributed by atoms with Gasteiger partial charge < -0.3 is 5.11 Å². The van der Waals surface area contributed by atoms with Crippen molar-refractivity contribution in [2.75, 3.05) is 0 Å². The van der Waals surface area contributed by atoms with E-state index in [1.807, 2.05) is 6.07 Å². The van der Waals surface area contributed by atoms with Crippen molar-refractivity contribution in [1.82, 2.24) is 9.55 Å². The standard InChI is InChI=1S/C19H12Br2N6O4/c1-10-13(7-22)18(28)26(9-11-3-2-4-23-8-11)19(29)16(10)24-25-17-14(20)5-12(27(30)31)6-15(17)21/h2-6,8,28H,9H2,1H3. The van der Waals surface area contributed by atoms with Crippen LogP contribution >= 0.6 is 31.9 Å². The number of non-ortho nitro benzene ring substituents is 1. The van der Waals surface area contributed by atoms with E-state index in [-0.39, 0.29) is 43.7 Å². The molecule has 1 N–H and O–H groups in total. The van der Waals surface area contributed by atoms with Gasteiger partial charge in [-0.2, -0.15) is 5.26 Å². The lowest BCUT2D eigenvalue weighted by Crippen LogP contribution is -2.22. The molecule has 0 saturated heterocycles. The van der Waals surface area contributed by atoms with Crippen molar-refractivity contribution in [3.63, 3.8) is 0 Å².